The summed E-state index contributed by atoms with van der Waals surface area (Å²) in [5.41, 5.74) is 0. The van der Waals surface area contributed by atoms with Gasteiger partial charge in [-0.15, -0.1) is 0 Å². The molecular formula is C17H25F2N3O2. The van der Waals surface area contributed by atoms with Gasteiger partial charge in [0.2, 0.25) is 0 Å². The van der Waals surface area contributed by atoms with Crippen LogP contribution in [0.25, 0.3) is 0 Å². The molecule has 0 aromatic heterocycles. The highest BCUT2D eigenvalue weighted by Crippen LogP contribution is 2.28. The molecule has 1 fully saturated rings. The van der Waals surface area contributed by atoms with Crippen molar-refractivity contribution in [3.63, 3.8) is 0 Å². The minimum absolute atomic E-state index is 0.299. The van der Waals surface area contributed by atoms with E-state index in [-0.39, 0.29) is 0 Å². The molecule has 1 aromatic rings. The van der Waals surface area contributed by atoms with E-state index < -0.39 is 11.6 Å². The fourth-order valence-electron chi connectivity index (χ4n) is 2.12. The molecular weight excluding hydrogens is 316 g/mol. The van der Waals surface area contributed by atoms with Crippen molar-refractivity contribution < 1.29 is 18.3 Å². The molecule has 134 valence electrons. The van der Waals surface area contributed by atoms with Crippen molar-refractivity contribution in [2.24, 2.45) is 10.9 Å². The fraction of sp³-hybridized carbons (Fsp3) is 0.588. The number of benzene rings is 1. The molecule has 5 nitrogen and oxygen atoms in total. The van der Waals surface area contributed by atoms with Crippen LogP contribution in [0.15, 0.2) is 23.2 Å². The second-order valence-corrected chi connectivity index (χ2v) is 5.84. The average Bonchev–Trinajstić information content (AvgIpc) is 3.39. The Balaban J connectivity index is 1.61. The van der Waals surface area contributed by atoms with Crippen LogP contribution < -0.4 is 10.1 Å². The van der Waals surface area contributed by atoms with Gasteiger partial charge in [0, 0.05) is 33.3 Å². The molecule has 0 saturated heterocycles. The third-order valence-electron chi connectivity index (χ3n) is 3.74. The van der Waals surface area contributed by atoms with Gasteiger partial charge >= 0.3 is 0 Å². The van der Waals surface area contributed by atoms with Gasteiger partial charge in [-0.05, 0) is 30.9 Å². The number of hydrogen-bond acceptors (Lipinski definition) is 3. The number of nitrogens with one attached hydrogen (secondary N) is 1. The van der Waals surface area contributed by atoms with Crippen LogP contribution in [0.2, 0.25) is 0 Å². The van der Waals surface area contributed by atoms with Crippen LogP contribution >= 0.6 is 0 Å². The first kappa shape index (κ1) is 18.4. The lowest BCUT2D eigenvalue weighted by Gasteiger charge is -2.22. The number of ether oxygens (including phenoxy) is 2. The highest BCUT2D eigenvalue weighted by molar-refractivity contribution is 5.79. The van der Waals surface area contributed by atoms with Crippen LogP contribution in [-0.2, 0) is 4.74 Å². The second kappa shape index (κ2) is 9.42. The van der Waals surface area contributed by atoms with E-state index in [1.165, 1.54) is 18.9 Å². The maximum absolute atomic E-state index is 13.1. The van der Waals surface area contributed by atoms with Crippen molar-refractivity contribution in [1.82, 2.24) is 10.2 Å². The molecule has 0 aliphatic heterocycles. The number of hydrogen-bond donors (Lipinski definition) is 1. The summed E-state index contributed by atoms with van der Waals surface area (Å²) in [7, 11) is 3.64. The Kier molecular flexibility index (Phi) is 7.24. The zero-order chi connectivity index (χ0) is 17.4. The van der Waals surface area contributed by atoms with E-state index in [0.29, 0.717) is 25.5 Å². The summed E-state index contributed by atoms with van der Waals surface area (Å²) in [4.78, 5) is 6.17. The second-order valence-electron chi connectivity index (χ2n) is 5.84. The molecule has 0 heterocycles. The van der Waals surface area contributed by atoms with Crippen LogP contribution in [0, 0.1) is 17.6 Å². The predicted molar refractivity (Wildman–Crippen MR) is 89.4 cm³/mol. The molecule has 0 spiro atoms. The predicted octanol–water partition coefficient (Wildman–Crippen LogP) is 2.28. The number of rotatable bonds is 9. The molecule has 7 heteroatoms. The number of halogens is 2. The van der Waals surface area contributed by atoms with E-state index in [1.807, 2.05) is 11.9 Å². The zero-order valence-corrected chi connectivity index (χ0v) is 14.2. The van der Waals surface area contributed by atoms with Gasteiger partial charge in [-0.1, -0.05) is 0 Å². The van der Waals surface area contributed by atoms with E-state index >= 15 is 0 Å². The molecule has 0 atom stereocenters. The molecule has 1 saturated carbocycles. The summed E-state index contributed by atoms with van der Waals surface area (Å²) >= 11 is 0. The lowest BCUT2D eigenvalue weighted by atomic mass is 10.3. The van der Waals surface area contributed by atoms with Crippen LogP contribution in [0.3, 0.4) is 0 Å². The maximum Gasteiger partial charge on any atom is 0.193 e. The van der Waals surface area contributed by atoms with E-state index in [4.69, 9.17) is 9.47 Å². The molecule has 0 unspecified atom stereocenters. The third-order valence-corrected chi connectivity index (χ3v) is 3.74. The van der Waals surface area contributed by atoms with Crippen molar-refractivity contribution in [3.8, 4) is 5.75 Å². The van der Waals surface area contributed by atoms with Crippen molar-refractivity contribution in [3.05, 3.63) is 29.8 Å². The first-order valence-corrected chi connectivity index (χ1v) is 8.17. The van der Waals surface area contributed by atoms with E-state index in [0.717, 1.165) is 37.2 Å². The molecule has 1 aliphatic rings. The minimum Gasteiger partial charge on any atom is -0.492 e. The average molecular weight is 341 g/mol. The highest BCUT2D eigenvalue weighted by atomic mass is 19.2. The first-order valence-electron chi connectivity index (χ1n) is 8.17. The largest absolute Gasteiger partial charge is 0.492 e. The Morgan fingerprint density at radius 3 is 2.75 bits per heavy atom. The van der Waals surface area contributed by atoms with Gasteiger partial charge in [0.05, 0.1) is 13.2 Å². The minimum atomic E-state index is -0.915. The first-order chi connectivity index (χ1) is 11.6. The van der Waals surface area contributed by atoms with Gasteiger partial charge in [-0.2, -0.15) is 0 Å². The third kappa shape index (κ3) is 6.31. The Morgan fingerprint density at radius 2 is 2.08 bits per heavy atom. The standard InChI is InChI=1S/C17H25F2N3O2/c1-20-17(22(2)8-10-23-12-13-3-4-13)21-7-9-24-14-5-6-15(18)16(19)11-14/h5-6,11,13H,3-4,7-10,12H2,1-2H3,(H,20,21). The SMILES string of the molecule is CN=C(NCCOc1ccc(F)c(F)c1)N(C)CCOCC1CC1. The van der Waals surface area contributed by atoms with Crippen molar-refractivity contribution in [2.75, 3.05) is 47.0 Å². The number of aliphatic imine (C=N–C) groups is 1. The van der Waals surface area contributed by atoms with Crippen LogP contribution in [0.1, 0.15) is 12.8 Å². The van der Waals surface area contributed by atoms with Crippen molar-refractivity contribution in [2.45, 2.75) is 12.8 Å². The van der Waals surface area contributed by atoms with Gasteiger partial charge < -0.3 is 19.7 Å². The molecule has 0 radical (unpaired) electrons. The van der Waals surface area contributed by atoms with Crippen LogP contribution in [0.5, 0.6) is 5.75 Å². The number of nitrogens with zero attached hydrogens (tertiary/aromatic N) is 2. The summed E-state index contributed by atoms with van der Waals surface area (Å²) in [6, 6.07) is 3.48. The Morgan fingerprint density at radius 1 is 1.29 bits per heavy atom. The smallest absolute Gasteiger partial charge is 0.193 e. The molecule has 1 aromatic carbocycles. The maximum atomic E-state index is 13.1. The molecule has 0 amide bonds. The topological polar surface area (TPSA) is 46.1 Å². The Bertz CT molecular complexity index is 551. The van der Waals surface area contributed by atoms with Crippen LogP contribution in [-0.4, -0.2) is 57.9 Å². The van der Waals surface area contributed by atoms with Crippen LogP contribution in [0.4, 0.5) is 8.78 Å². The number of likely N-dealkylation sites (N-methyl/N-ethyl adjacent to an activating group) is 1. The number of guanidine groups is 1. The lowest BCUT2D eigenvalue weighted by molar-refractivity contribution is 0.115. The monoisotopic (exact) mass is 341 g/mol. The molecule has 1 N–H and O–H groups in total. The summed E-state index contributed by atoms with van der Waals surface area (Å²) in [6.45, 7) is 3.08. The molecule has 24 heavy (non-hydrogen) atoms. The summed E-state index contributed by atoms with van der Waals surface area (Å²) in [5, 5.41) is 3.15. The lowest BCUT2D eigenvalue weighted by Crippen LogP contribution is -2.42. The van der Waals surface area contributed by atoms with Gasteiger partial charge in [0.1, 0.15) is 12.4 Å². The normalized spacial score (nSPS) is 14.6. The fourth-order valence-corrected chi connectivity index (χ4v) is 2.12. The van der Waals surface area contributed by atoms with Crippen molar-refractivity contribution >= 4 is 5.96 Å². The van der Waals surface area contributed by atoms with E-state index in [2.05, 4.69) is 10.3 Å². The zero-order valence-electron chi connectivity index (χ0n) is 14.2. The van der Waals surface area contributed by atoms with E-state index in [1.54, 1.807) is 7.05 Å². The van der Waals surface area contributed by atoms with Gasteiger partial charge in [-0.25, -0.2) is 8.78 Å². The van der Waals surface area contributed by atoms with Gasteiger partial charge in [0.15, 0.2) is 17.6 Å². The molecule has 1 aliphatic carbocycles. The van der Waals surface area contributed by atoms with Gasteiger partial charge in [-0.3, -0.25) is 4.99 Å². The molecule has 2 rings (SSSR count). The summed E-state index contributed by atoms with van der Waals surface area (Å²) < 4.78 is 36.9. The van der Waals surface area contributed by atoms with E-state index in [9.17, 15) is 8.78 Å². The quantitative estimate of drug-likeness (QED) is 0.425. The van der Waals surface area contributed by atoms with Gasteiger partial charge in [0.25, 0.3) is 0 Å². The molecule has 0 bridgehead atoms. The summed E-state index contributed by atoms with van der Waals surface area (Å²) in [6.07, 6.45) is 2.58. The summed E-state index contributed by atoms with van der Waals surface area (Å²) in [5.74, 6) is 0.00113. The Labute approximate surface area is 141 Å². The van der Waals surface area contributed by atoms with Crippen molar-refractivity contribution in [1.29, 1.82) is 0 Å². The highest BCUT2D eigenvalue weighted by Gasteiger charge is 2.21. The Hall–Kier alpha value is -1.89.